The number of hydrogen-bond donors (Lipinski definition) is 1. The van der Waals surface area contributed by atoms with E-state index < -0.39 is 0 Å². The molecule has 0 spiro atoms. The molecule has 0 unspecified atom stereocenters. The minimum absolute atomic E-state index is 0.0267. The highest BCUT2D eigenvalue weighted by molar-refractivity contribution is 7.15. The van der Waals surface area contributed by atoms with E-state index in [0.717, 1.165) is 42.7 Å². The Morgan fingerprint density at radius 2 is 1.78 bits per heavy atom. The highest BCUT2D eigenvalue weighted by atomic mass is 32.1. The molecule has 1 aliphatic carbocycles. The molecule has 3 rings (SSSR count). The van der Waals surface area contributed by atoms with Gasteiger partial charge < -0.3 is 10.1 Å². The molecule has 1 saturated carbocycles. The summed E-state index contributed by atoms with van der Waals surface area (Å²) >= 11 is 1.41. The molecule has 1 N–H and O–H groups in total. The van der Waals surface area contributed by atoms with Crippen LogP contribution in [-0.4, -0.2) is 18.5 Å². The molecule has 174 valence electrons. The molecule has 0 aliphatic heterocycles. The maximum Gasteiger partial charge on any atom is 0.341 e. The van der Waals surface area contributed by atoms with Crippen molar-refractivity contribution in [3.63, 3.8) is 0 Å². The summed E-state index contributed by atoms with van der Waals surface area (Å²) in [5.41, 5.74) is 3.51. The monoisotopic (exact) mass is 455 g/mol. The van der Waals surface area contributed by atoms with E-state index in [2.05, 4.69) is 38.2 Å². The van der Waals surface area contributed by atoms with Crippen LogP contribution >= 0.6 is 11.3 Å². The standard InChI is InChI=1S/C27H37NO3S/c1-5-7-8-19-9-11-22(12-10-19)25(29)28-26-24(27(30)31-6-2)23(17-32-26)21-15-13-20(14-16-21)18(3)4/h13-19,22H,5-12H2,1-4H3,(H,28,29). The number of carbonyl (C=O) groups excluding carboxylic acids is 2. The number of rotatable bonds is 9. The van der Waals surface area contributed by atoms with Gasteiger partial charge in [0.2, 0.25) is 5.91 Å². The third-order valence-electron chi connectivity index (χ3n) is 6.58. The smallest absolute Gasteiger partial charge is 0.341 e. The Bertz CT molecular complexity index is 892. The molecule has 2 aromatic rings. The van der Waals surface area contributed by atoms with Gasteiger partial charge in [-0.25, -0.2) is 4.79 Å². The zero-order valence-electron chi connectivity index (χ0n) is 19.9. The average molecular weight is 456 g/mol. The van der Waals surface area contributed by atoms with Gasteiger partial charge in [-0.15, -0.1) is 11.3 Å². The maximum atomic E-state index is 13.0. The number of carbonyl (C=O) groups is 2. The van der Waals surface area contributed by atoms with E-state index in [4.69, 9.17) is 4.74 Å². The summed E-state index contributed by atoms with van der Waals surface area (Å²) in [5.74, 6) is 0.890. The number of thiophene rings is 1. The third kappa shape index (κ3) is 6.00. The van der Waals surface area contributed by atoms with Crippen molar-refractivity contribution in [3.8, 4) is 11.1 Å². The Morgan fingerprint density at radius 1 is 1.09 bits per heavy atom. The molecule has 0 atom stereocenters. The minimum Gasteiger partial charge on any atom is -0.462 e. The zero-order valence-corrected chi connectivity index (χ0v) is 20.7. The summed E-state index contributed by atoms with van der Waals surface area (Å²) in [6.45, 7) is 8.66. The molecule has 1 aliphatic rings. The van der Waals surface area contributed by atoms with E-state index in [1.807, 2.05) is 17.5 Å². The van der Waals surface area contributed by atoms with Gasteiger partial charge >= 0.3 is 5.97 Å². The van der Waals surface area contributed by atoms with Crippen molar-refractivity contribution in [1.29, 1.82) is 0 Å². The van der Waals surface area contributed by atoms with Gasteiger partial charge in [-0.05, 0) is 55.6 Å². The maximum absolute atomic E-state index is 13.0. The molecule has 5 heteroatoms. The van der Waals surface area contributed by atoms with Crippen LogP contribution in [0.3, 0.4) is 0 Å². The second kappa shape index (κ2) is 11.6. The van der Waals surface area contributed by atoms with Crippen molar-refractivity contribution in [3.05, 3.63) is 40.8 Å². The first-order chi connectivity index (χ1) is 15.4. The molecule has 1 amide bonds. The molecule has 1 fully saturated rings. The zero-order chi connectivity index (χ0) is 23.1. The molecule has 4 nitrogen and oxygen atoms in total. The fourth-order valence-corrected chi connectivity index (χ4v) is 5.50. The van der Waals surface area contributed by atoms with E-state index in [9.17, 15) is 9.59 Å². The number of amides is 1. The van der Waals surface area contributed by atoms with Crippen LogP contribution < -0.4 is 5.32 Å². The summed E-state index contributed by atoms with van der Waals surface area (Å²) in [5, 5.41) is 5.63. The highest BCUT2D eigenvalue weighted by Crippen LogP contribution is 2.38. The molecular formula is C27H37NO3S. The number of nitrogens with one attached hydrogen (secondary N) is 1. The second-order valence-electron chi connectivity index (χ2n) is 9.20. The minimum atomic E-state index is -0.379. The van der Waals surface area contributed by atoms with E-state index in [-0.39, 0.29) is 17.8 Å². The van der Waals surface area contributed by atoms with Crippen LogP contribution in [0.4, 0.5) is 5.00 Å². The van der Waals surface area contributed by atoms with Gasteiger partial charge in [0.05, 0.1) is 6.61 Å². The van der Waals surface area contributed by atoms with E-state index in [0.29, 0.717) is 23.1 Å². The van der Waals surface area contributed by atoms with Crippen LogP contribution in [0.5, 0.6) is 0 Å². The van der Waals surface area contributed by atoms with Gasteiger partial charge in [-0.3, -0.25) is 4.79 Å². The third-order valence-corrected chi connectivity index (χ3v) is 7.47. The van der Waals surface area contributed by atoms with Crippen LogP contribution in [0.15, 0.2) is 29.6 Å². The lowest BCUT2D eigenvalue weighted by molar-refractivity contribution is -0.121. The van der Waals surface area contributed by atoms with Crippen molar-refractivity contribution in [2.45, 2.75) is 78.6 Å². The Balaban J connectivity index is 1.76. The number of benzene rings is 1. The Kier molecular flexibility index (Phi) is 8.92. The quantitative estimate of drug-likeness (QED) is 0.395. The SMILES string of the molecule is CCCCC1CCC(C(=O)Nc2scc(-c3ccc(C(C)C)cc3)c2C(=O)OCC)CC1. The molecular weight excluding hydrogens is 418 g/mol. The summed E-state index contributed by atoms with van der Waals surface area (Å²) < 4.78 is 5.35. The summed E-state index contributed by atoms with van der Waals surface area (Å²) in [7, 11) is 0. The van der Waals surface area contributed by atoms with E-state index in [1.165, 1.54) is 36.2 Å². The molecule has 1 heterocycles. The lowest BCUT2D eigenvalue weighted by Crippen LogP contribution is -2.27. The predicted octanol–water partition coefficient (Wildman–Crippen LogP) is 7.65. The van der Waals surface area contributed by atoms with Gasteiger partial charge in [0.25, 0.3) is 0 Å². The van der Waals surface area contributed by atoms with Gasteiger partial charge in [0.15, 0.2) is 0 Å². The molecule has 32 heavy (non-hydrogen) atoms. The predicted molar refractivity (Wildman–Crippen MR) is 133 cm³/mol. The normalized spacial score (nSPS) is 18.5. The van der Waals surface area contributed by atoms with Crippen LogP contribution in [-0.2, 0) is 9.53 Å². The number of anilines is 1. The number of hydrogen-bond acceptors (Lipinski definition) is 4. The van der Waals surface area contributed by atoms with Crippen molar-refractivity contribution in [2.75, 3.05) is 11.9 Å². The first-order valence-corrected chi connectivity index (χ1v) is 13.0. The molecule has 1 aromatic heterocycles. The van der Waals surface area contributed by atoms with Crippen LogP contribution in [0.2, 0.25) is 0 Å². The van der Waals surface area contributed by atoms with Crippen molar-refractivity contribution >= 4 is 28.2 Å². The van der Waals surface area contributed by atoms with Crippen molar-refractivity contribution in [1.82, 2.24) is 0 Å². The molecule has 1 aromatic carbocycles. The van der Waals surface area contributed by atoms with E-state index in [1.54, 1.807) is 6.92 Å². The second-order valence-corrected chi connectivity index (χ2v) is 10.1. The van der Waals surface area contributed by atoms with Crippen molar-refractivity contribution < 1.29 is 14.3 Å². The Labute approximate surface area is 196 Å². The van der Waals surface area contributed by atoms with Gasteiger partial charge in [0.1, 0.15) is 10.6 Å². The first kappa shape index (κ1) is 24.5. The Hall–Kier alpha value is -2.14. The lowest BCUT2D eigenvalue weighted by Gasteiger charge is -2.27. The fraction of sp³-hybridized carbons (Fsp3) is 0.556. The highest BCUT2D eigenvalue weighted by Gasteiger charge is 2.28. The summed E-state index contributed by atoms with van der Waals surface area (Å²) in [6.07, 6.45) is 7.91. The first-order valence-electron chi connectivity index (χ1n) is 12.1. The number of unbranched alkanes of at least 4 members (excludes halogenated alkanes) is 1. The van der Waals surface area contributed by atoms with Gasteiger partial charge in [-0.1, -0.05) is 64.3 Å². The molecule has 0 bridgehead atoms. The molecule has 0 radical (unpaired) electrons. The van der Waals surface area contributed by atoms with Crippen LogP contribution in [0.25, 0.3) is 11.1 Å². The molecule has 0 saturated heterocycles. The largest absolute Gasteiger partial charge is 0.462 e. The van der Waals surface area contributed by atoms with E-state index >= 15 is 0 Å². The topological polar surface area (TPSA) is 55.4 Å². The number of esters is 1. The summed E-state index contributed by atoms with van der Waals surface area (Å²) in [4.78, 5) is 25.9. The van der Waals surface area contributed by atoms with Crippen molar-refractivity contribution in [2.24, 2.45) is 11.8 Å². The number of ether oxygens (including phenoxy) is 1. The van der Waals surface area contributed by atoms with Gasteiger partial charge in [-0.2, -0.15) is 0 Å². The summed E-state index contributed by atoms with van der Waals surface area (Å²) in [6, 6.07) is 8.29. The van der Waals surface area contributed by atoms with Crippen LogP contribution in [0, 0.1) is 11.8 Å². The van der Waals surface area contributed by atoms with Gasteiger partial charge in [0, 0.05) is 16.9 Å². The fourth-order valence-electron chi connectivity index (χ4n) is 4.54. The average Bonchev–Trinajstić information content (AvgIpc) is 3.21. The van der Waals surface area contributed by atoms with Crippen LogP contribution in [0.1, 0.15) is 94.5 Å². The Morgan fingerprint density at radius 3 is 2.38 bits per heavy atom. The lowest BCUT2D eigenvalue weighted by atomic mass is 9.79.